The van der Waals surface area contributed by atoms with Crippen LogP contribution in [-0.4, -0.2) is 12.8 Å². The highest BCUT2D eigenvalue weighted by Crippen LogP contribution is 2.22. The van der Waals surface area contributed by atoms with Crippen molar-refractivity contribution in [1.29, 1.82) is 0 Å². The van der Waals surface area contributed by atoms with Crippen molar-refractivity contribution in [3.05, 3.63) is 29.0 Å². The van der Waals surface area contributed by atoms with E-state index >= 15 is 0 Å². The summed E-state index contributed by atoms with van der Waals surface area (Å²) in [7, 11) is 0. The number of halogens is 5. The summed E-state index contributed by atoms with van der Waals surface area (Å²) >= 11 is 5.32. The van der Waals surface area contributed by atoms with E-state index in [1.807, 2.05) is 0 Å². The van der Waals surface area contributed by atoms with Gasteiger partial charge in [-0.1, -0.05) is 11.6 Å². The van der Waals surface area contributed by atoms with Gasteiger partial charge in [0.25, 0.3) is 0 Å². The van der Waals surface area contributed by atoms with Gasteiger partial charge in [0.05, 0.1) is 5.02 Å². The van der Waals surface area contributed by atoms with E-state index < -0.39 is 18.6 Å². The molecule has 0 N–H and O–H groups in total. The predicted molar refractivity (Wildman–Crippen MR) is 43.0 cm³/mol. The van der Waals surface area contributed by atoms with Crippen LogP contribution in [0.5, 0.6) is 5.75 Å². The van der Waals surface area contributed by atoms with Gasteiger partial charge in [0.2, 0.25) is 0 Å². The van der Waals surface area contributed by atoms with Gasteiger partial charge < -0.3 is 4.74 Å². The second kappa shape index (κ2) is 4.04. The van der Waals surface area contributed by atoms with Gasteiger partial charge in [-0.15, -0.1) is 0 Å². The predicted octanol–water partition coefficient (Wildman–Crippen LogP) is 3.42. The summed E-state index contributed by atoms with van der Waals surface area (Å²) in [5.41, 5.74) is 0. The van der Waals surface area contributed by atoms with Crippen LogP contribution in [-0.2, 0) is 0 Å². The maximum Gasteiger partial charge on any atom is 0.422 e. The Morgan fingerprint density at radius 3 is 2.43 bits per heavy atom. The average molecular weight is 229 g/mol. The lowest BCUT2D eigenvalue weighted by atomic mass is 10.3. The Labute approximate surface area is 82.2 Å². The molecule has 0 saturated heterocycles. The molecule has 0 aliphatic rings. The number of hydrogen-bond acceptors (Lipinski definition) is 1. The first kappa shape index (κ1) is 11.1. The summed E-state index contributed by atoms with van der Waals surface area (Å²) in [6, 6.07) is 3.09. The molecule has 0 aliphatic carbocycles. The third-order valence-corrected chi connectivity index (χ3v) is 1.60. The third kappa shape index (κ3) is 3.41. The van der Waals surface area contributed by atoms with Gasteiger partial charge in [-0.2, -0.15) is 13.2 Å². The first-order valence-electron chi connectivity index (χ1n) is 3.53. The molecule has 0 saturated carbocycles. The summed E-state index contributed by atoms with van der Waals surface area (Å²) in [4.78, 5) is 0. The Hall–Kier alpha value is -0.970. The van der Waals surface area contributed by atoms with Crippen LogP contribution in [0.15, 0.2) is 18.2 Å². The highest BCUT2D eigenvalue weighted by Gasteiger charge is 2.28. The van der Waals surface area contributed by atoms with Gasteiger partial charge in [-0.05, 0) is 12.1 Å². The second-order valence-corrected chi connectivity index (χ2v) is 2.89. The largest absolute Gasteiger partial charge is 0.484 e. The highest BCUT2D eigenvalue weighted by molar-refractivity contribution is 6.30. The third-order valence-electron chi connectivity index (χ3n) is 1.29. The van der Waals surface area contributed by atoms with E-state index in [1.54, 1.807) is 0 Å². The zero-order valence-electron chi connectivity index (χ0n) is 6.74. The summed E-state index contributed by atoms with van der Waals surface area (Å²) in [5, 5.41) is -0.163. The Kier molecular flexibility index (Phi) is 3.21. The smallest absolute Gasteiger partial charge is 0.422 e. The van der Waals surface area contributed by atoms with Crippen LogP contribution in [0.3, 0.4) is 0 Å². The molecule has 0 unspecified atom stereocenters. The van der Waals surface area contributed by atoms with E-state index in [9.17, 15) is 17.6 Å². The zero-order valence-corrected chi connectivity index (χ0v) is 7.49. The molecule has 0 heterocycles. The van der Waals surface area contributed by atoms with Crippen LogP contribution in [0.2, 0.25) is 5.02 Å². The number of ether oxygens (including phenoxy) is 1. The lowest BCUT2D eigenvalue weighted by Gasteiger charge is -2.08. The molecule has 1 rings (SSSR count). The average Bonchev–Trinajstić information content (AvgIpc) is 2.06. The Balaban J connectivity index is 2.65. The molecule has 1 nitrogen and oxygen atoms in total. The van der Waals surface area contributed by atoms with Crippen molar-refractivity contribution in [2.75, 3.05) is 6.61 Å². The Bertz CT molecular complexity index is 324. The molecule has 0 atom stereocenters. The van der Waals surface area contributed by atoms with Crippen molar-refractivity contribution in [2.24, 2.45) is 0 Å². The van der Waals surface area contributed by atoms with E-state index in [2.05, 4.69) is 4.74 Å². The van der Waals surface area contributed by atoms with E-state index in [0.717, 1.165) is 18.2 Å². The first-order valence-corrected chi connectivity index (χ1v) is 3.91. The Morgan fingerprint density at radius 2 is 1.93 bits per heavy atom. The van der Waals surface area contributed by atoms with E-state index in [4.69, 9.17) is 11.6 Å². The fourth-order valence-corrected chi connectivity index (χ4v) is 0.849. The minimum atomic E-state index is -4.43. The van der Waals surface area contributed by atoms with Crippen LogP contribution < -0.4 is 4.74 Å². The van der Waals surface area contributed by atoms with E-state index in [1.165, 1.54) is 0 Å². The van der Waals surface area contributed by atoms with E-state index in [0.29, 0.717) is 0 Å². The van der Waals surface area contributed by atoms with Crippen LogP contribution >= 0.6 is 11.6 Å². The van der Waals surface area contributed by atoms with E-state index in [-0.39, 0.29) is 10.8 Å². The van der Waals surface area contributed by atoms with Gasteiger partial charge in [0, 0.05) is 6.07 Å². The van der Waals surface area contributed by atoms with Crippen LogP contribution in [0.4, 0.5) is 17.6 Å². The summed E-state index contributed by atoms with van der Waals surface area (Å²) in [5.74, 6) is -1.02. The second-order valence-electron chi connectivity index (χ2n) is 2.48. The fourth-order valence-electron chi connectivity index (χ4n) is 0.732. The van der Waals surface area contributed by atoms with Crippen molar-refractivity contribution >= 4 is 11.6 Å². The molecular weight excluding hydrogens is 224 g/mol. The summed E-state index contributed by atoms with van der Waals surface area (Å²) in [6.45, 7) is -1.45. The van der Waals surface area contributed by atoms with Crippen LogP contribution in [0.25, 0.3) is 0 Å². The lowest BCUT2D eigenvalue weighted by Crippen LogP contribution is -2.19. The molecule has 0 fully saturated rings. The number of hydrogen-bond donors (Lipinski definition) is 0. The number of rotatable bonds is 2. The maximum absolute atomic E-state index is 12.7. The molecule has 0 aromatic heterocycles. The number of alkyl halides is 3. The Morgan fingerprint density at radius 1 is 1.29 bits per heavy atom. The quantitative estimate of drug-likeness (QED) is 0.705. The van der Waals surface area contributed by atoms with Crippen molar-refractivity contribution in [1.82, 2.24) is 0 Å². The highest BCUT2D eigenvalue weighted by atomic mass is 35.5. The lowest BCUT2D eigenvalue weighted by molar-refractivity contribution is -0.153. The van der Waals surface area contributed by atoms with Gasteiger partial charge in [0.15, 0.2) is 6.61 Å². The normalized spacial score (nSPS) is 11.5. The zero-order chi connectivity index (χ0) is 10.8. The maximum atomic E-state index is 12.7. The van der Waals surface area contributed by atoms with Gasteiger partial charge in [-0.3, -0.25) is 0 Å². The molecule has 1 aromatic rings. The van der Waals surface area contributed by atoms with Crippen molar-refractivity contribution in [2.45, 2.75) is 6.18 Å². The van der Waals surface area contributed by atoms with Gasteiger partial charge >= 0.3 is 6.18 Å². The fraction of sp³-hybridized carbons (Fsp3) is 0.250. The minimum absolute atomic E-state index is 0.163. The van der Waals surface area contributed by atoms with Crippen LogP contribution in [0.1, 0.15) is 0 Å². The topological polar surface area (TPSA) is 9.23 Å². The molecular formula is C8H5ClF4O. The number of benzene rings is 1. The molecule has 78 valence electrons. The molecule has 0 amide bonds. The standard InChI is InChI=1S/C8H5ClF4O/c9-6-2-1-5(3-7(6)10)14-4-8(11,12)13/h1-3H,4H2. The molecule has 0 radical (unpaired) electrons. The summed E-state index contributed by atoms with van der Waals surface area (Å²) in [6.07, 6.45) is -4.43. The SMILES string of the molecule is Fc1cc(OCC(F)(F)F)ccc1Cl. The molecule has 0 spiro atoms. The summed E-state index contributed by atoms with van der Waals surface area (Å²) < 4.78 is 52.0. The van der Waals surface area contributed by atoms with Crippen molar-refractivity contribution < 1.29 is 22.3 Å². The van der Waals surface area contributed by atoms with Crippen LogP contribution in [0, 0.1) is 5.82 Å². The molecule has 0 bridgehead atoms. The molecule has 1 aromatic carbocycles. The van der Waals surface area contributed by atoms with Crippen molar-refractivity contribution in [3.63, 3.8) is 0 Å². The first-order chi connectivity index (χ1) is 6.38. The monoisotopic (exact) mass is 228 g/mol. The molecule has 14 heavy (non-hydrogen) atoms. The minimum Gasteiger partial charge on any atom is -0.484 e. The van der Waals surface area contributed by atoms with Crippen molar-refractivity contribution in [3.8, 4) is 5.75 Å². The molecule has 6 heteroatoms. The molecule has 0 aliphatic heterocycles. The van der Waals surface area contributed by atoms with Gasteiger partial charge in [-0.25, -0.2) is 4.39 Å². The van der Waals surface area contributed by atoms with Gasteiger partial charge in [0.1, 0.15) is 11.6 Å².